The van der Waals surface area contributed by atoms with Gasteiger partial charge in [0, 0.05) is 12.7 Å². The Balaban J connectivity index is 1.36. The minimum Gasteiger partial charge on any atom is -0.490 e. The van der Waals surface area contributed by atoms with Gasteiger partial charge in [0.1, 0.15) is 24.7 Å². The number of anilines is 1. The number of alkyl halides is 1. The smallest absolute Gasteiger partial charge is 0.299 e. The molecule has 36 heavy (non-hydrogen) atoms. The monoisotopic (exact) mass is 513 g/mol. The summed E-state index contributed by atoms with van der Waals surface area (Å²) in [6.07, 6.45) is 5.99. The van der Waals surface area contributed by atoms with Gasteiger partial charge >= 0.3 is 0 Å². The molecule has 1 fully saturated rings. The van der Waals surface area contributed by atoms with Crippen LogP contribution in [0, 0.1) is 0 Å². The first-order valence-electron chi connectivity index (χ1n) is 11.4. The third-order valence-corrected chi connectivity index (χ3v) is 8.12. The summed E-state index contributed by atoms with van der Waals surface area (Å²) in [5, 5.41) is 7.70. The Labute approximate surface area is 206 Å². The molecular formula is C23H23FN6O5S. The maximum absolute atomic E-state index is 13.5. The molecule has 0 spiro atoms. The van der Waals surface area contributed by atoms with Gasteiger partial charge in [-0.05, 0) is 43.2 Å². The number of Topliss-reactive ketones (excluding diaryl/α,β-unsaturated/α-hetero) is 1. The number of benzene rings is 1. The summed E-state index contributed by atoms with van der Waals surface area (Å²) in [4.78, 5) is 30.5. The summed E-state index contributed by atoms with van der Waals surface area (Å²) in [5.41, 5.74) is 0.684. The molecule has 1 amide bonds. The van der Waals surface area contributed by atoms with Crippen LogP contribution in [0.2, 0.25) is 0 Å². The van der Waals surface area contributed by atoms with Gasteiger partial charge in [-0.25, -0.2) is 17.5 Å². The number of carbonyl (C=O) groups excluding carboxylic acids is 2. The second-order valence-corrected chi connectivity index (χ2v) is 10.4. The molecule has 1 saturated heterocycles. The van der Waals surface area contributed by atoms with Gasteiger partial charge in [0.25, 0.3) is 11.7 Å². The number of amides is 1. The molecule has 4 heterocycles. The molecule has 0 radical (unpaired) electrons. The average molecular weight is 514 g/mol. The van der Waals surface area contributed by atoms with E-state index in [4.69, 9.17) is 4.74 Å². The van der Waals surface area contributed by atoms with E-state index in [1.807, 2.05) is 0 Å². The standard InChI is InChI=1S/C23H23FN6O5S/c24-7-10-28-13-16(26-27-28)14-29-21-6-5-19(11-20(21)22(31)23(29)32)36(33,34)30-9-2-3-17(30)15-35-18-4-1-8-25-12-18/h1,4-6,8,11-13,17H,2-3,7,9-10,14-15H2/t17-/m0/s1/i24-1. The van der Waals surface area contributed by atoms with Gasteiger partial charge in [0.2, 0.25) is 10.0 Å². The zero-order valence-corrected chi connectivity index (χ0v) is 20.0. The lowest BCUT2D eigenvalue weighted by atomic mass is 10.1. The van der Waals surface area contributed by atoms with Crippen LogP contribution in [0.25, 0.3) is 0 Å². The summed E-state index contributed by atoms with van der Waals surface area (Å²) in [6, 6.07) is 7.21. The first kappa shape index (κ1) is 24.0. The van der Waals surface area contributed by atoms with Gasteiger partial charge in [-0.3, -0.25) is 19.5 Å². The fourth-order valence-corrected chi connectivity index (χ4v) is 6.12. The van der Waals surface area contributed by atoms with E-state index in [1.54, 1.807) is 24.5 Å². The van der Waals surface area contributed by atoms with E-state index < -0.39 is 28.4 Å². The van der Waals surface area contributed by atoms with Gasteiger partial charge in [-0.15, -0.1) is 5.10 Å². The molecular weight excluding hydrogens is 490 g/mol. The Morgan fingerprint density at radius 2 is 2.06 bits per heavy atom. The van der Waals surface area contributed by atoms with Crippen molar-refractivity contribution in [2.45, 2.75) is 36.9 Å². The third kappa shape index (κ3) is 4.46. The van der Waals surface area contributed by atoms with Gasteiger partial charge in [-0.1, -0.05) is 5.21 Å². The van der Waals surface area contributed by atoms with E-state index in [0.717, 1.165) is 0 Å². The summed E-state index contributed by atoms with van der Waals surface area (Å²) in [6.45, 7) is -0.131. The van der Waals surface area contributed by atoms with Crippen molar-refractivity contribution in [3.63, 3.8) is 0 Å². The highest BCUT2D eigenvalue weighted by molar-refractivity contribution is 7.89. The topological polar surface area (TPSA) is 128 Å². The van der Waals surface area contributed by atoms with Crippen molar-refractivity contribution >= 4 is 27.4 Å². The number of fused-ring (bicyclic) bond motifs is 1. The Bertz CT molecular complexity index is 1400. The van der Waals surface area contributed by atoms with Gasteiger partial charge in [-0.2, -0.15) is 4.31 Å². The fraction of sp³-hybridized carbons (Fsp3) is 0.348. The molecule has 188 valence electrons. The number of halogens is 1. The molecule has 1 aromatic carbocycles. The zero-order valence-electron chi connectivity index (χ0n) is 19.2. The van der Waals surface area contributed by atoms with Crippen molar-refractivity contribution < 1.29 is 27.1 Å². The quantitative estimate of drug-likeness (QED) is 0.395. The highest BCUT2D eigenvalue weighted by Gasteiger charge is 2.40. The van der Waals surface area contributed by atoms with E-state index in [9.17, 15) is 22.4 Å². The van der Waals surface area contributed by atoms with Crippen LogP contribution in [-0.2, 0) is 27.9 Å². The third-order valence-electron chi connectivity index (χ3n) is 6.17. The number of ether oxygens (including phenoxy) is 1. The number of hydrogen-bond acceptors (Lipinski definition) is 8. The normalized spacial score (nSPS) is 18.1. The van der Waals surface area contributed by atoms with Gasteiger partial charge in [0.05, 0.1) is 47.7 Å². The molecule has 0 aliphatic carbocycles. The van der Waals surface area contributed by atoms with Crippen LogP contribution in [0.15, 0.2) is 53.8 Å². The highest BCUT2D eigenvalue weighted by atomic mass is 32.2. The van der Waals surface area contributed by atoms with Gasteiger partial charge < -0.3 is 4.74 Å². The molecule has 5 rings (SSSR count). The summed E-state index contributed by atoms with van der Waals surface area (Å²) in [7, 11) is -3.94. The van der Waals surface area contributed by atoms with Crippen LogP contribution in [0.5, 0.6) is 5.75 Å². The second kappa shape index (κ2) is 9.74. The molecule has 2 aliphatic rings. The largest absolute Gasteiger partial charge is 0.490 e. The Morgan fingerprint density at radius 1 is 1.19 bits per heavy atom. The molecule has 2 aliphatic heterocycles. The van der Waals surface area contributed by atoms with Crippen molar-refractivity contribution in [1.29, 1.82) is 0 Å². The Kier molecular flexibility index (Phi) is 6.49. The first-order chi connectivity index (χ1) is 17.4. The fourth-order valence-electron chi connectivity index (χ4n) is 4.42. The predicted octanol–water partition coefficient (Wildman–Crippen LogP) is 1.60. The van der Waals surface area contributed by atoms with Crippen molar-refractivity contribution in [1.82, 2.24) is 24.3 Å². The second-order valence-electron chi connectivity index (χ2n) is 8.47. The lowest BCUT2D eigenvalue weighted by molar-refractivity contribution is -0.114. The number of ketones is 1. The first-order valence-corrected chi connectivity index (χ1v) is 12.8. The van der Waals surface area contributed by atoms with Crippen molar-refractivity contribution in [3.05, 3.63) is 60.2 Å². The van der Waals surface area contributed by atoms with E-state index in [-0.39, 0.29) is 36.2 Å². The van der Waals surface area contributed by atoms with Crippen molar-refractivity contribution in [2.24, 2.45) is 0 Å². The number of aryl methyl sites for hydroxylation is 1. The minimum absolute atomic E-state index is 0.0135. The van der Waals surface area contributed by atoms with Crippen LogP contribution < -0.4 is 9.64 Å². The molecule has 11 nitrogen and oxygen atoms in total. The van der Waals surface area contributed by atoms with Crippen LogP contribution in [0.1, 0.15) is 28.9 Å². The summed E-state index contributed by atoms with van der Waals surface area (Å²) < 4.78 is 47.9. The lowest BCUT2D eigenvalue weighted by Gasteiger charge is -2.24. The zero-order chi connectivity index (χ0) is 25.3. The molecule has 1 atom stereocenters. The average Bonchev–Trinajstić information content (AvgIpc) is 3.60. The maximum Gasteiger partial charge on any atom is 0.299 e. The number of aromatic nitrogens is 4. The number of nitrogens with zero attached hydrogens (tertiary/aromatic N) is 6. The highest BCUT2D eigenvalue weighted by Crippen LogP contribution is 2.34. The molecule has 0 unspecified atom stereocenters. The number of hydrogen-bond donors (Lipinski definition) is 0. The van der Waals surface area contributed by atoms with Crippen molar-refractivity contribution in [2.75, 3.05) is 24.7 Å². The molecule has 0 saturated carbocycles. The number of pyridine rings is 1. The van der Waals surface area contributed by atoms with E-state index in [0.29, 0.717) is 36.5 Å². The number of carbonyl (C=O) groups is 2. The van der Waals surface area contributed by atoms with E-state index in [2.05, 4.69) is 15.3 Å². The molecule has 2 aromatic heterocycles. The van der Waals surface area contributed by atoms with E-state index in [1.165, 1.54) is 38.3 Å². The maximum atomic E-state index is 13.5. The lowest BCUT2D eigenvalue weighted by Crippen LogP contribution is -2.39. The van der Waals surface area contributed by atoms with E-state index >= 15 is 0 Å². The molecule has 0 bridgehead atoms. The van der Waals surface area contributed by atoms with Crippen LogP contribution in [0.4, 0.5) is 10.1 Å². The summed E-state index contributed by atoms with van der Waals surface area (Å²) >= 11 is 0. The Morgan fingerprint density at radius 3 is 2.83 bits per heavy atom. The van der Waals surface area contributed by atoms with Crippen molar-refractivity contribution in [3.8, 4) is 5.75 Å². The summed E-state index contributed by atoms with van der Waals surface area (Å²) in [5.74, 6) is -1.03. The van der Waals surface area contributed by atoms with Crippen LogP contribution >= 0.6 is 0 Å². The molecule has 3 aromatic rings. The SMILES string of the molecule is O=C1C(=O)N(Cc2cn(CC[18F])nn2)c2ccc(S(=O)(=O)N3CCC[C@H]3COc3cccnc3)cc21. The predicted molar refractivity (Wildman–Crippen MR) is 125 cm³/mol. The van der Waals surface area contributed by atoms with Gasteiger partial charge in [0.15, 0.2) is 0 Å². The van der Waals surface area contributed by atoms with Crippen LogP contribution in [-0.4, -0.2) is 70.3 Å². The minimum atomic E-state index is -3.94. The Hall–Kier alpha value is -3.71. The van der Waals surface area contributed by atoms with Crippen LogP contribution in [0.3, 0.4) is 0 Å². The number of rotatable bonds is 9. The molecule has 13 heteroatoms. The molecule has 0 N–H and O–H groups in total. The number of sulfonamides is 1.